The van der Waals surface area contributed by atoms with Crippen molar-refractivity contribution in [3.8, 4) is 0 Å². The molecule has 2 atom stereocenters. The fourth-order valence-electron chi connectivity index (χ4n) is 2.65. The molecule has 0 radical (unpaired) electrons. The Bertz CT molecular complexity index is 376. The highest BCUT2D eigenvalue weighted by atomic mass is 16.5. The van der Waals surface area contributed by atoms with Crippen LogP contribution in [0.4, 0.5) is 0 Å². The Hall–Kier alpha value is -0.860. The summed E-state index contributed by atoms with van der Waals surface area (Å²) in [5.41, 5.74) is 4.21. The quantitative estimate of drug-likeness (QED) is 0.775. The number of hydrogen-bond donors (Lipinski definition) is 1. The van der Waals surface area contributed by atoms with E-state index >= 15 is 0 Å². The van der Waals surface area contributed by atoms with Crippen LogP contribution in [0.2, 0.25) is 0 Å². The summed E-state index contributed by atoms with van der Waals surface area (Å²) in [6.07, 6.45) is 2.27. The minimum Gasteiger partial charge on any atom is -0.384 e. The predicted octanol–water partition coefficient (Wildman–Crippen LogP) is 3.50. The summed E-state index contributed by atoms with van der Waals surface area (Å²) in [4.78, 5) is 0. The van der Waals surface area contributed by atoms with E-state index in [1.165, 1.54) is 16.7 Å². The van der Waals surface area contributed by atoms with Crippen LogP contribution in [0.3, 0.4) is 0 Å². The van der Waals surface area contributed by atoms with Crippen molar-refractivity contribution in [3.05, 3.63) is 34.9 Å². The van der Waals surface area contributed by atoms with Crippen molar-refractivity contribution in [1.82, 2.24) is 5.32 Å². The first-order chi connectivity index (χ1) is 9.06. The van der Waals surface area contributed by atoms with Gasteiger partial charge in [-0.1, -0.05) is 37.6 Å². The van der Waals surface area contributed by atoms with Crippen LogP contribution in [0.5, 0.6) is 0 Å². The molecule has 2 heteroatoms. The molecule has 0 saturated heterocycles. The van der Waals surface area contributed by atoms with Gasteiger partial charge >= 0.3 is 0 Å². The molecule has 0 aliphatic heterocycles. The highest BCUT2D eigenvalue weighted by molar-refractivity contribution is 5.31. The van der Waals surface area contributed by atoms with E-state index in [0.29, 0.717) is 12.0 Å². The maximum absolute atomic E-state index is 5.25. The minimum absolute atomic E-state index is 0.538. The summed E-state index contributed by atoms with van der Waals surface area (Å²) in [5.74, 6) is 0.596. The molecule has 1 N–H and O–H groups in total. The number of methoxy groups -OCH3 is 1. The van der Waals surface area contributed by atoms with Crippen LogP contribution in [-0.4, -0.2) is 26.3 Å². The Kier molecular flexibility index (Phi) is 7.11. The maximum Gasteiger partial charge on any atom is 0.0488 e. The van der Waals surface area contributed by atoms with Crippen molar-refractivity contribution < 1.29 is 4.74 Å². The summed E-state index contributed by atoms with van der Waals surface area (Å²) in [5, 5.41) is 3.61. The monoisotopic (exact) mass is 263 g/mol. The zero-order valence-electron chi connectivity index (χ0n) is 13.1. The SMILES string of the molecule is CCNC(Cc1cc(C)ccc1C)CC(C)COC. The number of likely N-dealkylation sites (N-methyl/N-ethyl adjacent to an activating group) is 1. The molecule has 0 spiro atoms. The zero-order valence-corrected chi connectivity index (χ0v) is 13.1. The summed E-state index contributed by atoms with van der Waals surface area (Å²) in [6, 6.07) is 7.28. The van der Waals surface area contributed by atoms with Crippen LogP contribution in [0.25, 0.3) is 0 Å². The average molecular weight is 263 g/mol. The Morgan fingerprint density at radius 2 is 2.00 bits per heavy atom. The lowest BCUT2D eigenvalue weighted by molar-refractivity contribution is 0.149. The van der Waals surface area contributed by atoms with Gasteiger partial charge in [0.15, 0.2) is 0 Å². The van der Waals surface area contributed by atoms with Crippen LogP contribution >= 0.6 is 0 Å². The lowest BCUT2D eigenvalue weighted by Crippen LogP contribution is -2.33. The third kappa shape index (κ3) is 5.75. The van der Waals surface area contributed by atoms with E-state index < -0.39 is 0 Å². The topological polar surface area (TPSA) is 21.3 Å². The van der Waals surface area contributed by atoms with Gasteiger partial charge in [-0.2, -0.15) is 0 Å². The predicted molar refractivity (Wildman–Crippen MR) is 82.7 cm³/mol. The van der Waals surface area contributed by atoms with Crippen LogP contribution in [0.15, 0.2) is 18.2 Å². The Labute approximate surface area is 118 Å². The second-order valence-corrected chi connectivity index (χ2v) is 5.68. The van der Waals surface area contributed by atoms with Crippen molar-refractivity contribution in [2.45, 2.75) is 46.6 Å². The first kappa shape index (κ1) is 16.2. The molecule has 1 rings (SSSR count). The molecule has 0 saturated carbocycles. The minimum atomic E-state index is 0.538. The zero-order chi connectivity index (χ0) is 14.3. The third-order valence-corrected chi connectivity index (χ3v) is 3.60. The van der Waals surface area contributed by atoms with Gasteiger partial charge in [-0.15, -0.1) is 0 Å². The lowest BCUT2D eigenvalue weighted by Gasteiger charge is -2.22. The van der Waals surface area contributed by atoms with Crippen molar-refractivity contribution >= 4 is 0 Å². The molecule has 2 nitrogen and oxygen atoms in total. The van der Waals surface area contributed by atoms with Crippen molar-refractivity contribution in [2.75, 3.05) is 20.3 Å². The molecule has 0 fully saturated rings. The molecule has 19 heavy (non-hydrogen) atoms. The van der Waals surface area contributed by atoms with Gasteiger partial charge < -0.3 is 10.1 Å². The first-order valence-corrected chi connectivity index (χ1v) is 7.35. The van der Waals surface area contributed by atoms with Crippen LogP contribution in [0.1, 0.15) is 37.0 Å². The molecule has 1 aromatic rings. The molecule has 2 unspecified atom stereocenters. The van der Waals surface area contributed by atoms with Crippen molar-refractivity contribution in [2.24, 2.45) is 5.92 Å². The van der Waals surface area contributed by atoms with E-state index in [4.69, 9.17) is 4.74 Å². The molecule has 0 aromatic heterocycles. The van der Waals surface area contributed by atoms with E-state index in [9.17, 15) is 0 Å². The van der Waals surface area contributed by atoms with Gasteiger partial charge in [-0.3, -0.25) is 0 Å². The van der Waals surface area contributed by atoms with Gasteiger partial charge in [0.1, 0.15) is 0 Å². The van der Waals surface area contributed by atoms with E-state index in [1.807, 2.05) is 0 Å². The van der Waals surface area contributed by atoms with Gasteiger partial charge in [-0.05, 0) is 50.3 Å². The molecular formula is C17H29NO. The number of ether oxygens (including phenoxy) is 1. The van der Waals surface area contributed by atoms with E-state index in [0.717, 1.165) is 26.0 Å². The number of aryl methyl sites for hydroxylation is 2. The van der Waals surface area contributed by atoms with Gasteiger partial charge in [0.2, 0.25) is 0 Å². The van der Waals surface area contributed by atoms with Gasteiger partial charge in [0.05, 0.1) is 0 Å². The van der Waals surface area contributed by atoms with Crippen molar-refractivity contribution in [1.29, 1.82) is 0 Å². The summed E-state index contributed by atoms with van der Waals surface area (Å²) < 4.78 is 5.25. The van der Waals surface area contributed by atoms with Gasteiger partial charge in [0.25, 0.3) is 0 Å². The van der Waals surface area contributed by atoms with Gasteiger partial charge in [-0.25, -0.2) is 0 Å². The normalized spacial score (nSPS) is 14.4. The maximum atomic E-state index is 5.25. The van der Waals surface area contributed by atoms with Gasteiger partial charge in [0, 0.05) is 19.8 Å². The fourth-order valence-corrected chi connectivity index (χ4v) is 2.65. The summed E-state index contributed by atoms with van der Waals surface area (Å²) in [7, 11) is 1.78. The standard InChI is InChI=1S/C17H29NO/c1-6-18-17(10-14(3)12-19-5)11-16-9-13(2)7-8-15(16)4/h7-9,14,17-18H,6,10-12H2,1-5H3. The lowest BCUT2D eigenvalue weighted by atomic mass is 9.93. The van der Waals surface area contributed by atoms with Crippen molar-refractivity contribution in [3.63, 3.8) is 0 Å². The van der Waals surface area contributed by atoms with Crippen LogP contribution < -0.4 is 5.32 Å². The Balaban J connectivity index is 2.69. The second-order valence-electron chi connectivity index (χ2n) is 5.68. The summed E-state index contributed by atoms with van der Waals surface area (Å²) in [6.45, 7) is 10.7. The molecule has 0 aliphatic rings. The van der Waals surface area contributed by atoms with E-state index in [1.54, 1.807) is 7.11 Å². The number of hydrogen-bond acceptors (Lipinski definition) is 2. The molecular weight excluding hydrogens is 234 g/mol. The summed E-state index contributed by atoms with van der Waals surface area (Å²) >= 11 is 0. The Morgan fingerprint density at radius 1 is 1.26 bits per heavy atom. The third-order valence-electron chi connectivity index (χ3n) is 3.60. The smallest absolute Gasteiger partial charge is 0.0488 e. The Morgan fingerprint density at radius 3 is 2.63 bits per heavy atom. The average Bonchev–Trinajstić information content (AvgIpc) is 2.34. The number of rotatable bonds is 8. The highest BCUT2D eigenvalue weighted by Gasteiger charge is 2.14. The number of nitrogens with one attached hydrogen (secondary N) is 1. The molecule has 0 bridgehead atoms. The second kappa shape index (κ2) is 8.34. The highest BCUT2D eigenvalue weighted by Crippen LogP contribution is 2.16. The molecule has 0 heterocycles. The van der Waals surface area contributed by atoms with Crippen LogP contribution in [-0.2, 0) is 11.2 Å². The van der Waals surface area contributed by atoms with E-state index in [2.05, 4.69) is 51.2 Å². The first-order valence-electron chi connectivity index (χ1n) is 7.35. The molecule has 108 valence electrons. The largest absolute Gasteiger partial charge is 0.384 e. The van der Waals surface area contributed by atoms with E-state index in [-0.39, 0.29) is 0 Å². The van der Waals surface area contributed by atoms with Crippen LogP contribution in [0, 0.1) is 19.8 Å². The fraction of sp³-hybridized carbons (Fsp3) is 0.647. The molecule has 0 aliphatic carbocycles. The molecule has 1 aromatic carbocycles. The molecule has 0 amide bonds. The number of benzene rings is 1.